The molecule has 1 unspecified atom stereocenters. The molecule has 4 heteroatoms. The molecule has 0 spiro atoms. The molecule has 4 nitrogen and oxygen atoms in total. The lowest BCUT2D eigenvalue weighted by atomic mass is 10.1. The number of fused-ring (bicyclic) bond motifs is 1. The van der Waals surface area contributed by atoms with Crippen LogP contribution < -0.4 is 4.74 Å². The summed E-state index contributed by atoms with van der Waals surface area (Å²) < 4.78 is 14.2. The number of piperidine rings is 1. The summed E-state index contributed by atoms with van der Waals surface area (Å²) in [6, 6.07) is 8.48. The van der Waals surface area contributed by atoms with Crippen molar-refractivity contribution in [3.63, 3.8) is 0 Å². The smallest absolute Gasteiger partial charge is 0.129 e. The highest BCUT2D eigenvalue weighted by Crippen LogP contribution is 2.29. The predicted octanol–water partition coefficient (Wildman–Crippen LogP) is 3.20. The van der Waals surface area contributed by atoms with Gasteiger partial charge in [-0.05, 0) is 43.9 Å². The molecule has 0 amide bonds. The number of likely N-dealkylation sites (tertiary alicyclic amines) is 1. The Hall–Kier alpha value is -1.52. The normalized spacial score (nSPS) is 23.6. The minimum Gasteiger partial charge on any atom is -0.490 e. The van der Waals surface area contributed by atoms with Crippen LogP contribution in [0.15, 0.2) is 30.5 Å². The molecule has 0 N–H and O–H groups in total. The molecule has 23 heavy (non-hydrogen) atoms. The van der Waals surface area contributed by atoms with Crippen LogP contribution in [0.3, 0.4) is 0 Å². The van der Waals surface area contributed by atoms with E-state index < -0.39 is 0 Å². The topological polar surface area (TPSA) is 26.6 Å². The molecule has 2 saturated heterocycles. The van der Waals surface area contributed by atoms with Crippen LogP contribution in [0.1, 0.15) is 25.7 Å². The molecular weight excluding hydrogens is 288 g/mol. The largest absolute Gasteiger partial charge is 0.490 e. The summed E-state index contributed by atoms with van der Waals surface area (Å²) in [5.41, 5.74) is 1.23. The van der Waals surface area contributed by atoms with E-state index in [0.29, 0.717) is 12.2 Å². The highest BCUT2D eigenvalue weighted by molar-refractivity contribution is 5.86. The molecule has 0 saturated carbocycles. The van der Waals surface area contributed by atoms with E-state index in [9.17, 15) is 0 Å². The van der Waals surface area contributed by atoms with Gasteiger partial charge in [0.2, 0.25) is 0 Å². The quantitative estimate of drug-likeness (QED) is 0.867. The van der Waals surface area contributed by atoms with Gasteiger partial charge in [-0.15, -0.1) is 0 Å². The lowest BCUT2D eigenvalue weighted by Crippen LogP contribution is -2.41. The average molecular weight is 314 g/mol. The number of aryl methyl sites for hydroxylation is 1. The number of benzene rings is 1. The molecule has 2 aromatic rings. The van der Waals surface area contributed by atoms with Gasteiger partial charge in [-0.25, -0.2) is 0 Å². The summed E-state index contributed by atoms with van der Waals surface area (Å²) in [5, 5.41) is 1.22. The van der Waals surface area contributed by atoms with Crippen LogP contribution in [-0.2, 0) is 11.8 Å². The van der Waals surface area contributed by atoms with Gasteiger partial charge >= 0.3 is 0 Å². The second-order valence-electron chi connectivity index (χ2n) is 6.87. The summed E-state index contributed by atoms with van der Waals surface area (Å²) in [6.07, 6.45) is 7.57. The Kier molecular flexibility index (Phi) is 4.27. The van der Waals surface area contributed by atoms with Crippen molar-refractivity contribution in [1.82, 2.24) is 9.47 Å². The molecule has 2 aliphatic heterocycles. The first-order valence-electron chi connectivity index (χ1n) is 8.84. The number of rotatable bonds is 4. The lowest BCUT2D eigenvalue weighted by molar-refractivity contribution is 0.0444. The number of hydrogen-bond acceptors (Lipinski definition) is 3. The van der Waals surface area contributed by atoms with Crippen LogP contribution in [0.5, 0.6) is 5.75 Å². The highest BCUT2D eigenvalue weighted by Gasteiger charge is 2.25. The van der Waals surface area contributed by atoms with Crippen LogP contribution >= 0.6 is 0 Å². The van der Waals surface area contributed by atoms with E-state index in [1.54, 1.807) is 0 Å². The lowest BCUT2D eigenvalue weighted by Gasteiger charge is -2.33. The summed E-state index contributed by atoms with van der Waals surface area (Å²) in [6.45, 7) is 4.29. The zero-order valence-corrected chi connectivity index (χ0v) is 13.9. The third-order valence-corrected chi connectivity index (χ3v) is 5.20. The molecule has 1 aromatic carbocycles. The van der Waals surface area contributed by atoms with E-state index in [4.69, 9.17) is 9.47 Å². The monoisotopic (exact) mass is 314 g/mol. The van der Waals surface area contributed by atoms with Crippen molar-refractivity contribution in [1.29, 1.82) is 0 Å². The zero-order chi connectivity index (χ0) is 15.6. The maximum Gasteiger partial charge on any atom is 0.129 e. The van der Waals surface area contributed by atoms with E-state index in [1.165, 1.54) is 23.7 Å². The molecule has 0 aliphatic carbocycles. The Bertz CT molecular complexity index is 652. The van der Waals surface area contributed by atoms with E-state index in [1.807, 2.05) is 0 Å². The van der Waals surface area contributed by atoms with Gasteiger partial charge in [0, 0.05) is 44.9 Å². The van der Waals surface area contributed by atoms with E-state index >= 15 is 0 Å². The number of ether oxygens (including phenoxy) is 2. The summed E-state index contributed by atoms with van der Waals surface area (Å²) in [5.74, 6) is 1.03. The van der Waals surface area contributed by atoms with Gasteiger partial charge in [0.05, 0.1) is 11.6 Å². The molecular formula is C19H26N2O2. The summed E-state index contributed by atoms with van der Waals surface area (Å²) in [4.78, 5) is 2.54. The minimum atomic E-state index is 0.335. The first-order valence-corrected chi connectivity index (χ1v) is 8.84. The SMILES string of the molecule is Cn1ccc2c(OC3CCN(CC4CCCO4)CC3)cccc21. The molecule has 2 aliphatic rings. The number of hydrogen-bond donors (Lipinski definition) is 0. The number of aromatic nitrogens is 1. The maximum absolute atomic E-state index is 6.33. The van der Waals surface area contributed by atoms with Gasteiger partial charge in [0.15, 0.2) is 0 Å². The molecule has 1 aromatic heterocycles. The fourth-order valence-corrected chi connectivity index (χ4v) is 3.84. The minimum absolute atomic E-state index is 0.335. The van der Waals surface area contributed by atoms with E-state index in [-0.39, 0.29) is 0 Å². The van der Waals surface area contributed by atoms with Gasteiger partial charge in [0.1, 0.15) is 11.9 Å². The zero-order valence-electron chi connectivity index (χ0n) is 13.9. The highest BCUT2D eigenvalue weighted by atomic mass is 16.5. The van der Waals surface area contributed by atoms with Crippen molar-refractivity contribution in [2.45, 2.75) is 37.9 Å². The van der Waals surface area contributed by atoms with Crippen molar-refractivity contribution < 1.29 is 9.47 Å². The predicted molar refractivity (Wildman–Crippen MR) is 92.0 cm³/mol. The number of nitrogens with zero attached hydrogens (tertiary/aromatic N) is 2. The van der Waals surface area contributed by atoms with E-state index in [2.05, 4.69) is 47.0 Å². The first-order chi connectivity index (χ1) is 11.3. The van der Waals surface area contributed by atoms with Gasteiger partial charge in [-0.2, -0.15) is 0 Å². The third-order valence-electron chi connectivity index (χ3n) is 5.20. The van der Waals surface area contributed by atoms with Crippen LogP contribution in [-0.4, -0.2) is 47.9 Å². The Balaban J connectivity index is 1.35. The van der Waals surface area contributed by atoms with Crippen molar-refractivity contribution in [3.05, 3.63) is 30.5 Å². The Labute approximate surface area is 138 Å². The Morgan fingerprint density at radius 3 is 2.83 bits per heavy atom. The van der Waals surface area contributed by atoms with Gasteiger partial charge in [-0.1, -0.05) is 6.07 Å². The fourth-order valence-electron chi connectivity index (χ4n) is 3.84. The molecule has 0 radical (unpaired) electrons. The van der Waals surface area contributed by atoms with Gasteiger partial charge in [-0.3, -0.25) is 0 Å². The third kappa shape index (κ3) is 3.24. The van der Waals surface area contributed by atoms with Crippen LogP contribution in [0.2, 0.25) is 0 Å². The van der Waals surface area contributed by atoms with Crippen molar-refractivity contribution in [2.75, 3.05) is 26.2 Å². The van der Waals surface area contributed by atoms with Gasteiger partial charge in [0.25, 0.3) is 0 Å². The Morgan fingerprint density at radius 2 is 2.04 bits per heavy atom. The molecule has 124 valence electrons. The van der Waals surface area contributed by atoms with Crippen molar-refractivity contribution >= 4 is 10.9 Å². The van der Waals surface area contributed by atoms with Gasteiger partial charge < -0.3 is 18.9 Å². The van der Waals surface area contributed by atoms with Crippen LogP contribution in [0, 0.1) is 0 Å². The van der Waals surface area contributed by atoms with Crippen LogP contribution in [0.25, 0.3) is 10.9 Å². The summed E-state index contributed by atoms with van der Waals surface area (Å²) >= 11 is 0. The molecule has 1 atom stereocenters. The van der Waals surface area contributed by atoms with Crippen molar-refractivity contribution in [2.24, 2.45) is 7.05 Å². The molecule has 4 rings (SSSR count). The molecule has 2 fully saturated rings. The molecule has 3 heterocycles. The second kappa shape index (κ2) is 6.54. The summed E-state index contributed by atoms with van der Waals surface area (Å²) in [7, 11) is 2.08. The van der Waals surface area contributed by atoms with Crippen LogP contribution in [0.4, 0.5) is 0 Å². The fraction of sp³-hybridized carbons (Fsp3) is 0.579. The maximum atomic E-state index is 6.33. The van der Waals surface area contributed by atoms with E-state index in [0.717, 1.165) is 44.8 Å². The molecule has 0 bridgehead atoms. The standard InChI is InChI=1S/C19H26N2O2/c1-20-10-9-17-18(20)5-2-6-19(17)23-15-7-11-21(12-8-15)14-16-4-3-13-22-16/h2,5-6,9-10,15-16H,3-4,7-8,11-14H2,1H3. The van der Waals surface area contributed by atoms with Crippen molar-refractivity contribution in [3.8, 4) is 5.75 Å². The first kappa shape index (κ1) is 15.0. The average Bonchev–Trinajstić information content (AvgIpc) is 3.20. The second-order valence-corrected chi connectivity index (χ2v) is 6.87. The Morgan fingerprint density at radius 1 is 1.17 bits per heavy atom.